The van der Waals surface area contributed by atoms with E-state index in [0.29, 0.717) is 12.1 Å². The fourth-order valence-electron chi connectivity index (χ4n) is 3.59. The minimum absolute atomic E-state index is 0.145. The van der Waals surface area contributed by atoms with E-state index >= 15 is 0 Å². The van der Waals surface area contributed by atoms with Gasteiger partial charge in [-0.15, -0.1) is 0 Å². The van der Waals surface area contributed by atoms with E-state index < -0.39 is 62.6 Å². The highest BCUT2D eigenvalue weighted by Crippen LogP contribution is 2.41. The molecule has 2 aromatic rings. The Morgan fingerprint density at radius 3 is 1.97 bits per heavy atom. The van der Waals surface area contributed by atoms with Crippen LogP contribution < -0.4 is 0 Å². The molecular formula is C25H23Cl3F6O3S. The molecule has 0 aliphatic carbocycles. The molecule has 13 heteroatoms. The second kappa shape index (κ2) is 12.2. The summed E-state index contributed by atoms with van der Waals surface area (Å²) in [6, 6.07) is 4.43. The monoisotopic (exact) mass is 622 g/mol. The molecule has 2 atom stereocenters. The summed E-state index contributed by atoms with van der Waals surface area (Å²) in [6.45, 7) is 4.35. The standard InChI is InChI=1S/C25H23Cl3F6O3S/c1-13(2)38(36,37)12-14(3)8-22(35)17-6-4-15(9-19(17)25(32,33)34)5-7-18(24(29,30)31)16-10-20(26)23(28)21(27)11-16/h4-7,9-11,13-14,18H,8,12H2,1-3H3/b7-5+/t14-,18?/m0/s1. The van der Waals surface area contributed by atoms with Gasteiger partial charge >= 0.3 is 12.4 Å². The summed E-state index contributed by atoms with van der Waals surface area (Å²) >= 11 is 17.5. The minimum Gasteiger partial charge on any atom is -0.294 e. The Morgan fingerprint density at radius 1 is 0.947 bits per heavy atom. The summed E-state index contributed by atoms with van der Waals surface area (Å²) in [5.41, 5.74) is -2.66. The Labute approximate surface area is 231 Å². The molecule has 0 saturated heterocycles. The van der Waals surface area contributed by atoms with Gasteiger partial charge in [0.05, 0.1) is 37.6 Å². The maximum absolute atomic E-state index is 13.8. The van der Waals surface area contributed by atoms with E-state index in [0.717, 1.165) is 30.3 Å². The lowest BCUT2D eigenvalue weighted by Gasteiger charge is -2.19. The number of benzene rings is 2. The Bertz CT molecular complexity index is 1300. The highest BCUT2D eigenvalue weighted by molar-refractivity contribution is 7.91. The number of carbonyl (C=O) groups is 1. The van der Waals surface area contributed by atoms with Crippen molar-refractivity contribution < 1.29 is 39.6 Å². The van der Waals surface area contributed by atoms with Crippen LogP contribution in [-0.4, -0.2) is 31.4 Å². The fraction of sp³-hybridized carbons (Fsp3) is 0.400. The first-order chi connectivity index (χ1) is 17.2. The van der Waals surface area contributed by atoms with Crippen LogP contribution in [0.2, 0.25) is 15.1 Å². The summed E-state index contributed by atoms with van der Waals surface area (Å²) in [7, 11) is -3.53. The molecule has 0 bridgehead atoms. The highest BCUT2D eigenvalue weighted by atomic mass is 35.5. The molecule has 0 aliphatic heterocycles. The zero-order chi connectivity index (χ0) is 29.2. The number of Topliss-reactive ketones (excluding diaryl/α,β-unsaturated/α-hetero) is 1. The number of ketones is 1. The van der Waals surface area contributed by atoms with Crippen LogP contribution in [0.25, 0.3) is 6.08 Å². The molecular weight excluding hydrogens is 601 g/mol. The summed E-state index contributed by atoms with van der Waals surface area (Å²) in [5, 5.41) is -1.31. The van der Waals surface area contributed by atoms with E-state index in [-0.39, 0.29) is 31.9 Å². The Hall–Kier alpha value is -1.75. The predicted molar refractivity (Wildman–Crippen MR) is 138 cm³/mol. The predicted octanol–water partition coefficient (Wildman–Crippen LogP) is 9.06. The zero-order valence-corrected chi connectivity index (χ0v) is 23.3. The van der Waals surface area contributed by atoms with Gasteiger partial charge in [0.25, 0.3) is 0 Å². The molecule has 0 radical (unpaired) electrons. The van der Waals surface area contributed by atoms with Crippen molar-refractivity contribution in [3.8, 4) is 0 Å². The van der Waals surface area contributed by atoms with Crippen molar-refractivity contribution in [2.24, 2.45) is 5.92 Å². The van der Waals surface area contributed by atoms with Gasteiger partial charge in [-0.25, -0.2) is 8.42 Å². The number of allylic oxidation sites excluding steroid dienone is 1. The van der Waals surface area contributed by atoms with E-state index in [9.17, 15) is 39.6 Å². The van der Waals surface area contributed by atoms with Crippen LogP contribution in [0.15, 0.2) is 36.4 Å². The SMILES string of the molecule is CC(C)S(=O)(=O)C[C@@H](C)CC(=O)c1ccc(/C=C/C(c2cc(Cl)c(Cl)c(Cl)c2)C(F)(F)F)cc1C(F)(F)F. The van der Waals surface area contributed by atoms with Crippen molar-refractivity contribution in [1.82, 2.24) is 0 Å². The second-order valence-corrected chi connectivity index (χ2v) is 12.9. The maximum Gasteiger partial charge on any atom is 0.417 e. The lowest BCUT2D eigenvalue weighted by Crippen LogP contribution is -2.24. The number of halogens is 9. The summed E-state index contributed by atoms with van der Waals surface area (Å²) in [6.07, 6.45) is -8.81. The van der Waals surface area contributed by atoms with Crippen molar-refractivity contribution in [3.05, 3.63) is 73.7 Å². The third kappa shape index (κ3) is 8.37. The first kappa shape index (κ1) is 32.5. The van der Waals surface area contributed by atoms with Gasteiger partial charge in [0.2, 0.25) is 0 Å². The van der Waals surface area contributed by atoms with Crippen molar-refractivity contribution in [3.63, 3.8) is 0 Å². The van der Waals surface area contributed by atoms with Gasteiger partial charge in [-0.3, -0.25) is 4.79 Å². The highest BCUT2D eigenvalue weighted by Gasteiger charge is 2.40. The molecule has 1 unspecified atom stereocenters. The van der Waals surface area contributed by atoms with Crippen LogP contribution in [0.3, 0.4) is 0 Å². The number of alkyl halides is 6. The lowest BCUT2D eigenvalue weighted by molar-refractivity contribution is -0.139. The molecule has 38 heavy (non-hydrogen) atoms. The van der Waals surface area contributed by atoms with Gasteiger partial charge in [0.15, 0.2) is 15.6 Å². The van der Waals surface area contributed by atoms with Gasteiger partial charge in [-0.2, -0.15) is 26.3 Å². The Kier molecular flexibility index (Phi) is 10.4. The molecule has 3 nitrogen and oxygen atoms in total. The Balaban J connectivity index is 2.43. The van der Waals surface area contributed by atoms with Crippen LogP contribution in [0, 0.1) is 5.92 Å². The van der Waals surface area contributed by atoms with Crippen LogP contribution >= 0.6 is 34.8 Å². The smallest absolute Gasteiger partial charge is 0.294 e. The first-order valence-electron chi connectivity index (χ1n) is 11.1. The van der Waals surface area contributed by atoms with Crippen LogP contribution in [-0.2, 0) is 16.0 Å². The maximum atomic E-state index is 13.8. The molecule has 0 saturated carbocycles. The lowest BCUT2D eigenvalue weighted by atomic mass is 9.93. The van der Waals surface area contributed by atoms with E-state index in [1.807, 2.05) is 0 Å². The van der Waals surface area contributed by atoms with E-state index in [1.165, 1.54) is 20.8 Å². The van der Waals surface area contributed by atoms with Gasteiger partial charge in [-0.05, 0) is 49.1 Å². The van der Waals surface area contributed by atoms with E-state index in [2.05, 4.69) is 0 Å². The molecule has 2 aromatic carbocycles. The second-order valence-electron chi connectivity index (χ2n) is 9.09. The average Bonchev–Trinajstić information content (AvgIpc) is 2.75. The van der Waals surface area contributed by atoms with Crippen LogP contribution in [0.5, 0.6) is 0 Å². The largest absolute Gasteiger partial charge is 0.417 e. The van der Waals surface area contributed by atoms with Crippen molar-refractivity contribution in [2.75, 3.05) is 5.75 Å². The number of hydrogen-bond acceptors (Lipinski definition) is 3. The normalized spacial score (nSPS) is 14.8. The molecule has 0 heterocycles. The molecule has 0 spiro atoms. The van der Waals surface area contributed by atoms with Crippen LogP contribution in [0.4, 0.5) is 26.3 Å². The molecule has 0 amide bonds. The van der Waals surface area contributed by atoms with Gasteiger partial charge in [-0.1, -0.05) is 66.0 Å². The summed E-state index contributed by atoms with van der Waals surface area (Å²) in [5.74, 6) is -4.33. The number of sulfone groups is 1. The number of carbonyl (C=O) groups excluding carboxylic acids is 1. The van der Waals surface area contributed by atoms with E-state index in [1.54, 1.807) is 0 Å². The molecule has 0 N–H and O–H groups in total. The number of rotatable bonds is 9. The first-order valence-corrected chi connectivity index (χ1v) is 13.9. The van der Waals surface area contributed by atoms with Crippen LogP contribution in [0.1, 0.15) is 60.2 Å². The zero-order valence-electron chi connectivity index (χ0n) is 20.2. The Morgan fingerprint density at radius 2 is 1.50 bits per heavy atom. The van der Waals surface area contributed by atoms with Gasteiger partial charge in [0, 0.05) is 12.0 Å². The minimum atomic E-state index is -5.00. The van der Waals surface area contributed by atoms with Crippen molar-refractivity contribution in [2.45, 2.75) is 50.7 Å². The quantitative estimate of drug-likeness (QED) is 0.159. The molecule has 0 aliphatic rings. The molecule has 2 rings (SSSR count). The topological polar surface area (TPSA) is 51.2 Å². The van der Waals surface area contributed by atoms with E-state index in [4.69, 9.17) is 34.8 Å². The third-order valence-electron chi connectivity index (χ3n) is 5.62. The molecule has 210 valence electrons. The molecule has 0 fully saturated rings. The van der Waals surface area contributed by atoms with Gasteiger partial charge < -0.3 is 0 Å². The fourth-order valence-corrected chi connectivity index (χ4v) is 5.50. The van der Waals surface area contributed by atoms with Crippen molar-refractivity contribution >= 4 is 56.5 Å². The average molecular weight is 624 g/mol. The molecule has 0 aromatic heterocycles. The third-order valence-corrected chi connectivity index (χ3v) is 9.28. The van der Waals surface area contributed by atoms with Gasteiger partial charge in [0.1, 0.15) is 0 Å². The van der Waals surface area contributed by atoms with Crippen molar-refractivity contribution in [1.29, 1.82) is 0 Å². The number of hydrogen-bond donors (Lipinski definition) is 0. The summed E-state index contributed by atoms with van der Waals surface area (Å²) in [4.78, 5) is 12.7. The summed E-state index contributed by atoms with van der Waals surface area (Å²) < 4.78 is 107.